The minimum Gasteiger partial charge on any atom is -0.401 e. The molecule has 0 unspecified atom stereocenters. The molecule has 0 spiro atoms. The monoisotopic (exact) mass is 203 g/mol. The Kier molecular flexibility index (Phi) is 10.0. The van der Waals surface area contributed by atoms with E-state index in [1.807, 2.05) is 0 Å². The molecule has 1 radical (unpaired) electrons. The van der Waals surface area contributed by atoms with Crippen molar-refractivity contribution in [1.82, 2.24) is 0 Å². The molecule has 0 fully saturated rings. The molecule has 6 heteroatoms. The van der Waals surface area contributed by atoms with E-state index in [9.17, 15) is 0 Å². The molecule has 2 N–H and O–H groups in total. The van der Waals surface area contributed by atoms with Crippen molar-refractivity contribution in [3.63, 3.8) is 0 Å². The smallest absolute Gasteiger partial charge is 0.401 e. The first kappa shape index (κ1) is 10.1. The van der Waals surface area contributed by atoms with Crippen molar-refractivity contribution >= 4 is 19.2 Å². The van der Waals surface area contributed by atoms with Crippen molar-refractivity contribution in [2.45, 2.75) is 0 Å². The summed E-state index contributed by atoms with van der Waals surface area (Å²) in [4.78, 5) is 0. The molecule has 0 rings (SSSR count). The zero-order chi connectivity index (χ0) is 4.28. The van der Waals surface area contributed by atoms with Gasteiger partial charge in [0.05, 0.1) is 0 Å². The summed E-state index contributed by atoms with van der Waals surface area (Å²) in [6, 6.07) is 0. The predicted octanol–water partition coefficient (Wildman–Crippen LogP) is -0.876. The van der Waals surface area contributed by atoms with Crippen LogP contribution in [0.15, 0.2) is 0 Å². The van der Waals surface area contributed by atoms with Crippen molar-refractivity contribution in [2.75, 3.05) is 0 Å². The molecule has 0 aliphatic rings. The summed E-state index contributed by atoms with van der Waals surface area (Å²) in [7, 11) is -1.85. The Morgan fingerprint density at radius 2 is 1.67 bits per heavy atom. The third kappa shape index (κ3) is 8.88. The van der Waals surface area contributed by atoms with Crippen LogP contribution >= 0.6 is 11.9 Å². The molecular formula is H2AgBClO3. The van der Waals surface area contributed by atoms with Crippen molar-refractivity contribution in [2.24, 2.45) is 0 Å². The molecule has 0 saturated carbocycles. The molecule has 41 valence electrons. The Balaban J connectivity index is 0. The Morgan fingerprint density at radius 3 is 1.67 bits per heavy atom. The maximum Gasteiger partial charge on any atom is 0.650 e. The van der Waals surface area contributed by atoms with Gasteiger partial charge in [0, 0.05) is 34.2 Å². The zero-order valence-corrected chi connectivity index (χ0v) is 4.80. The third-order valence-electron chi connectivity index (χ3n) is 0.0797. The van der Waals surface area contributed by atoms with Gasteiger partial charge in [-0.05, 0) is 0 Å². The molecule has 6 heavy (non-hydrogen) atoms. The Bertz CT molecular complexity index is 24.8. The van der Waals surface area contributed by atoms with Gasteiger partial charge in [-0.2, -0.15) is 0 Å². The Morgan fingerprint density at radius 1 is 1.50 bits per heavy atom. The summed E-state index contributed by atoms with van der Waals surface area (Å²) < 4.78 is 3.33. The summed E-state index contributed by atoms with van der Waals surface area (Å²) in [5, 5.41) is 15.1. The third-order valence-corrected chi connectivity index (χ3v) is 0.239. The maximum absolute atomic E-state index is 7.56. The van der Waals surface area contributed by atoms with Crippen LogP contribution in [-0.4, -0.2) is 17.4 Å². The molecule has 0 heterocycles. The van der Waals surface area contributed by atoms with Crippen LogP contribution in [-0.2, 0) is 26.6 Å². The normalized spacial score (nSPS) is 6.50. The van der Waals surface area contributed by atoms with Crippen LogP contribution in [0.1, 0.15) is 0 Å². The van der Waals surface area contributed by atoms with E-state index in [0.717, 1.165) is 0 Å². The standard InChI is InChI=1S/Ag.BClH2O3/c;2-5-1(3)4/h;3-4H. The SMILES string of the molecule is OB(O)OCl.[Ag]. The van der Waals surface area contributed by atoms with Gasteiger partial charge in [0.2, 0.25) is 0 Å². The molecule has 0 atom stereocenters. The average molecular weight is 204 g/mol. The second-order valence-electron chi connectivity index (χ2n) is 0.415. The largest absolute Gasteiger partial charge is 0.650 e. The van der Waals surface area contributed by atoms with E-state index < -0.39 is 7.32 Å². The molecule has 0 bridgehead atoms. The number of rotatable bonds is 1. The predicted molar refractivity (Wildman–Crippen MR) is 17.1 cm³/mol. The van der Waals surface area contributed by atoms with E-state index >= 15 is 0 Å². The van der Waals surface area contributed by atoms with E-state index in [4.69, 9.17) is 10.0 Å². The Hall–Kier alpha value is 0.975. The van der Waals surface area contributed by atoms with E-state index in [1.54, 1.807) is 0 Å². The van der Waals surface area contributed by atoms with Gasteiger partial charge >= 0.3 is 7.32 Å². The van der Waals surface area contributed by atoms with Gasteiger partial charge in [0.25, 0.3) is 0 Å². The molecule has 0 aromatic carbocycles. The van der Waals surface area contributed by atoms with Gasteiger partial charge in [-0.1, -0.05) is 0 Å². The van der Waals surface area contributed by atoms with E-state index in [-0.39, 0.29) is 22.4 Å². The number of hydrogen-bond donors (Lipinski definition) is 2. The van der Waals surface area contributed by atoms with Crippen molar-refractivity contribution in [1.29, 1.82) is 0 Å². The summed E-state index contributed by atoms with van der Waals surface area (Å²) in [6.45, 7) is 0. The molecule has 3 nitrogen and oxygen atoms in total. The molecular weight excluding hydrogens is 202 g/mol. The average Bonchev–Trinajstić information content (AvgIpc) is 1.38. The quantitative estimate of drug-likeness (QED) is 0.545. The second-order valence-corrected chi connectivity index (χ2v) is 0.594. The van der Waals surface area contributed by atoms with Crippen LogP contribution in [0.4, 0.5) is 0 Å². The van der Waals surface area contributed by atoms with Crippen LogP contribution in [0.25, 0.3) is 0 Å². The molecule has 0 aromatic rings. The molecule has 0 aromatic heterocycles. The minimum absolute atomic E-state index is 0. The van der Waals surface area contributed by atoms with Crippen LogP contribution < -0.4 is 0 Å². The number of halogens is 1. The van der Waals surface area contributed by atoms with E-state index in [2.05, 4.69) is 16.1 Å². The fourth-order valence-electron chi connectivity index (χ4n) is 0. The second kappa shape index (κ2) is 5.98. The summed E-state index contributed by atoms with van der Waals surface area (Å²) in [5.41, 5.74) is 0. The van der Waals surface area contributed by atoms with Crippen LogP contribution in [0.2, 0.25) is 0 Å². The molecule has 0 saturated heterocycles. The van der Waals surface area contributed by atoms with Gasteiger partial charge in [0.15, 0.2) is 0 Å². The fourth-order valence-corrected chi connectivity index (χ4v) is 0. The number of hydrogen-bond acceptors (Lipinski definition) is 3. The van der Waals surface area contributed by atoms with Gasteiger partial charge < -0.3 is 10.0 Å². The van der Waals surface area contributed by atoms with Crippen molar-refractivity contribution in [3.05, 3.63) is 0 Å². The van der Waals surface area contributed by atoms with E-state index in [0.29, 0.717) is 0 Å². The topological polar surface area (TPSA) is 49.7 Å². The maximum atomic E-state index is 7.56. The molecule has 0 aliphatic carbocycles. The summed E-state index contributed by atoms with van der Waals surface area (Å²) in [6.07, 6.45) is 0. The van der Waals surface area contributed by atoms with Gasteiger partial charge in [-0.3, -0.25) is 4.21 Å². The molecule has 0 amide bonds. The minimum atomic E-state index is -1.85. The van der Waals surface area contributed by atoms with Crippen molar-refractivity contribution in [3.8, 4) is 0 Å². The Labute approximate surface area is 56.1 Å². The first-order valence-electron chi connectivity index (χ1n) is 0.906. The van der Waals surface area contributed by atoms with E-state index in [1.165, 1.54) is 0 Å². The first-order chi connectivity index (χ1) is 2.27. The van der Waals surface area contributed by atoms with Crippen molar-refractivity contribution < 1.29 is 36.6 Å². The van der Waals surface area contributed by atoms with Gasteiger partial charge in [-0.25, -0.2) is 0 Å². The first-order valence-corrected chi connectivity index (χ1v) is 1.22. The summed E-state index contributed by atoms with van der Waals surface area (Å²) >= 11 is 4.34. The van der Waals surface area contributed by atoms with Crippen LogP contribution in [0, 0.1) is 0 Å². The van der Waals surface area contributed by atoms with Gasteiger partial charge in [0.1, 0.15) is 0 Å². The van der Waals surface area contributed by atoms with Crippen LogP contribution in [0.3, 0.4) is 0 Å². The summed E-state index contributed by atoms with van der Waals surface area (Å²) in [5.74, 6) is 0. The zero-order valence-electron chi connectivity index (χ0n) is 2.56. The molecule has 0 aliphatic heterocycles. The van der Waals surface area contributed by atoms with Crippen LogP contribution in [0.5, 0.6) is 0 Å². The fraction of sp³-hybridized carbons (Fsp3) is 0. The van der Waals surface area contributed by atoms with Gasteiger partial charge in [-0.15, -0.1) is 0 Å².